The third kappa shape index (κ3) is 1.76. The lowest BCUT2D eigenvalue weighted by atomic mass is 10.2. The zero-order valence-corrected chi connectivity index (χ0v) is 8.15. The quantitative estimate of drug-likeness (QED) is 0.560. The van der Waals surface area contributed by atoms with Gasteiger partial charge in [-0.15, -0.1) is 0 Å². The normalized spacial score (nSPS) is 18.3. The summed E-state index contributed by atoms with van der Waals surface area (Å²) in [5.74, 6) is 0. The molecule has 1 rings (SSSR count). The van der Waals surface area contributed by atoms with E-state index in [1.165, 1.54) is 25.0 Å². The van der Waals surface area contributed by atoms with Gasteiger partial charge in [-0.3, -0.25) is 0 Å². The van der Waals surface area contributed by atoms with Crippen molar-refractivity contribution in [3.05, 3.63) is 11.3 Å². The van der Waals surface area contributed by atoms with Gasteiger partial charge in [-0.25, -0.2) is 0 Å². The third-order valence-electron chi connectivity index (χ3n) is 2.36. The molecule has 0 aromatic rings. The molecule has 1 saturated heterocycles. The molecule has 1 heterocycles. The standard InChI is InChI=1S/C10H19N/c1-8(2)10-6-5-7-11(10)9(3)4/h9H,5-7H2,1-4H3. The van der Waals surface area contributed by atoms with Gasteiger partial charge >= 0.3 is 0 Å². The molecular weight excluding hydrogens is 134 g/mol. The molecule has 0 atom stereocenters. The second-order valence-corrected chi connectivity index (χ2v) is 3.84. The average molecular weight is 153 g/mol. The maximum Gasteiger partial charge on any atom is 0.0230 e. The molecule has 0 unspecified atom stereocenters. The fourth-order valence-electron chi connectivity index (χ4n) is 1.80. The highest BCUT2D eigenvalue weighted by atomic mass is 15.2. The minimum absolute atomic E-state index is 0.683. The van der Waals surface area contributed by atoms with E-state index in [2.05, 4.69) is 32.6 Å². The topological polar surface area (TPSA) is 3.24 Å². The number of hydrogen-bond acceptors (Lipinski definition) is 1. The number of nitrogens with zero attached hydrogens (tertiary/aromatic N) is 1. The summed E-state index contributed by atoms with van der Waals surface area (Å²) in [5.41, 5.74) is 3.08. The summed E-state index contributed by atoms with van der Waals surface area (Å²) < 4.78 is 0. The Kier molecular flexibility index (Phi) is 2.58. The lowest BCUT2D eigenvalue weighted by Crippen LogP contribution is -2.26. The van der Waals surface area contributed by atoms with E-state index in [0.717, 1.165) is 0 Å². The Morgan fingerprint density at radius 3 is 2.36 bits per heavy atom. The van der Waals surface area contributed by atoms with E-state index in [0.29, 0.717) is 6.04 Å². The van der Waals surface area contributed by atoms with Crippen LogP contribution in [0.5, 0.6) is 0 Å². The molecule has 0 saturated carbocycles. The SMILES string of the molecule is CC(C)=C1CCCN1C(C)C. The van der Waals surface area contributed by atoms with E-state index in [4.69, 9.17) is 0 Å². The first-order chi connectivity index (χ1) is 5.13. The summed E-state index contributed by atoms with van der Waals surface area (Å²) >= 11 is 0. The summed E-state index contributed by atoms with van der Waals surface area (Å²) in [5, 5.41) is 0. The minimum atomic E-state index is 0.683. The Hall–Kier alpha value is -0.460. The summed E-state index contributed by atoms with van der Waals surface area (Å²) in [6, 6.07) is 0.683. The summed E-state index contributed by atoms with van der Waals surface area (Å²) in [4.78, 5) is 2.52. The van der Waals surface area contributed by atoms with Gasteiger partial charge in [-0.2, -0.15) is 0 Å². The highest BCUT2D eigenvalue weighted by molar-refractivity contribution is 5.13. The first-order valence-corrected chi connectivity index (χ1v) is 4.56. The second-order valence-electron chi connectivity index (χ2n) is 3.84. The van der Waals surface area contributed by atoms with Gasteiger partial charge in [-0.05, 0) is 40.5 Å². The Labute approximate surface area is 70.1 Å². The zero-order valence-electron chi connectivity index (χ0n) is 8.15. The molecule has 1 nitrogen and oxygen atoms in total. The van der Waals surface area contributed by atoms with Gasteiger partial charge in [0.05, 0.1) is 0 Å². The molecule has 1 fully saturated rings. The van der Waals surface area contributed by atoms with Crippen LogP contribution in [0.1, 0.15) is 40.5 Å². The van der Waals surface area contributed by atoms with E-state index < -0.39 is 0 Å². The van der Waals surface area contributed by atoms with Crippen LogP contribution in [0.15, 0.2) is 11.3 Å². The van der Waals surface area contributed by atoms with Crippen LogP contribution in [0.2, 0.25) is 0 Å². The van der Waals surface area contributed by atoms with Crippen molar-refractivity contribution in [3.63, 3.8) is 0 Å². The molecule has 0 aromatic heterocycles. The van der Waals surface area contributed by atoms with Gasteiger partial charge in [0.15, 0.2) is 0 Å². The van der Waals surface area contributed by atoms with Crippen LogP contribution >= 0.6 is 0 Å². The molecule has 0 aromatic carbocycles. The lowest BCUT2D eigenvalue weighted by Gasteiger charge is -2.25. The van der Waals surface area contributed by atoms with Gasteiger partial charge in [0.25, 0.3) is 0 Å². The van der Waals surface area contributed by atoms with Crippen molar-refractivity contribution in [2.75, 3.05) is 6.54 Å². The van der Waals surface area contributed by atoms with Crippen molar-refractivity contribution in [2.45, 2.75) is 46.6 Å². The van der Waals surface area contributed by atoms with Crippen molar-refractivity contribution < 1.29 is 0 Å². The zero-order chi connectivity index (χ0) is 8.43. The first kappa shape index (κ1) is 8.63. The van der Waals surface area contributed by atoms with Crippen LogP contribution in [0.3, 0.4) is 0 Å². The Bertz CT molecular complexity index is 164. The van der Waals surface area contributed by atoms with Crippen LogP contribution in [-0.2, 0) is 0 Å². The molecule has 0 radical (unpaired) electrons. The Balaban J connectivity index is 2.74. The summed E-state index contributed by atoms with van der Waals surface area (Å²) in [7, 11) is 0. The average Bonchev–Trinajstić information content (AvgIpc) is 2.32. The van der Waals surface area contributed by atoms with Gasteiger partial charge in [0.1, 0.15) is 0 Å². The van der Waals surface area contributed by atoms with E-state index in [1.807, 2.05) is 0 Å². The highest BCUT2D eigenvalue weighted by Crippen LogP contribution is 2.25. The fourth-order valence-corrected chi connectivity index (χ4v) is 1.80. The van der Waals surface area contributed by atoms with Gasteiger partial charge in [-0.1, -0.05) is 5.57 Å². The summed E-state index contributed by atoms with van der Waals surface area (Å²) in [6.45, 7) is 10.2. The van der Waals surface area contributed by atoms with Crippen molar-refractivity contribution in [1.82, 2.24) is 4.90 Å². The molecule has 0 spiro atoms. The van der Waals surface area contributed by atoms with E-state index in [-0.39, 0.29) is 0 Å². The highest BCUT2D eigenvalue weighted by Gasteiger charge is 2.19. The molecule has 11 heavy (non-hydrogen) atoms. The number of hydrogen-bond donors (Lipinski definition) is 0. The maximum absolute atomic E-state index is 2.52. The number of rotatable bonds is 1. The van der Waals surface area contributed by atoms with Crippen LogP contribution < -0.4 is 0 Å². The van der Waals surface area contributed by atoms with Crippen molar-refractivity contribution in [1.29, 1.82) is 0 Å². The van der Waals surface area contributed by atoms with E-state index >= 15 is 0 Å². The van der Waals surface area contributed by atoms with Crippen LogP contribution in [0.4, 0.5) is 0 Å². The third-order valence-corrected chi connectivity index (χ3v) is 2.36. The number of likely N-dealkylation sites (tertiary alicyclic amines) is 1. The molecule has 0 N–H and O–H groups in total. The van der Waals surface area contributed by atoms with Crippen molar-refractivity contribution in [2.24, 2.45) is 0 Å². The predicted octanol–water partition coefficient (Wildman–Crippen LogP) is 2.78. The van der Waals surface area contributed by atoms with Crippen molar-refractivity contribution >= 4 is 0 Å². The largest absolute Gasteiger partial charge is 0.372 e. The number of allylic oxidation sites excluding steroid dienone is 2. The Morgan fingerprint density at radius 2 is 2.00 bits per heavy atom. The summed E-state index contributed by atoms with van der Waals surface area (Å²) in [6.07, 6.45) is 2.64. The molecule has 1 heteroatoms. The Morgan fingerprint density at radius 1 is 1.36 bits per heavy atom. The monoisotopic (exact) mass is 153 g/mol. The molecule has 0 bridgehead atoms. The van der Waals surface area contributed by atoms with Gasteiger partial charge < -0.3 is 4.90 Å². The molecule has 1 aliphatic heterocycles. The van der Waals surface area contributed by atoms with Crippen LogP contribution in [0, 0.1) is 0 Å². The lowest BCUT2D eigenvalue weighted by molar-refractivity contribution is 0.321. The molecule has 64 valence electrons. The minimum Gasteiger partial charge on any atom is -0.372 e. The first-order valence-electron chi connectivity index (χ1n) is 4.56. The van der Waals surface area contributed by atoms with Crippen molar-refractivity contribution in [3.8, 4) is 0 Å². The van der Waals surface area contributed by atoms with E-state index in [9.17, 15) is 0 Å². The molecule has 1 aliphatic rings. The second kappa shape index (κ2) is 3.29. The van der Waals surface area contributed by atoms with Gasteiger partial charge in [0, 0.05) is 18.3 Å². The molecule has 0 amide bonds. The maximum atomic E-state index is 2.52. The van der Waals surface area contributed by atoms with Crippen LogP contribution in [-0.4, -0.2) is 17.5 Å². The van der Waals surface area contributed by atoms with E-state index in [1.54, 1.807) is 5.70 Å². The van der Waals surface area contributed by atoms with Gasteiger partial charge in [0.2, 0.25) is 0 Å². The molecule has 0 aliphatic carbocycles. The molecular formula is C10H19N. The van der Waals surface area contributed by atoms with Crippen LogP contribution in [0.25, 0.3) is 0 Å². The predicted molar refractivity (Wildman–Crippen MR) is 49.5 cm³/mol. The fraction of sp³-hybridized carbons (Fsp3) is 0.800. The smallest absolute Gasteiger partial charge is 0.0230 e.